The largest absolute Gasteiger partial charge is 0.381 e. The van der Waals surface area contributed by atoms with Crippen LogP contribution < -0.4 is 5.69 Å². The van der Waals surface area contributed by atoms with Gasteiger partial charge in [0.25, 0.3) is 0 Å². The minimum absolute atomic E-state index is 0.00214. The second-order valence-corrected chi connectivity index (χ2v) is 4.61. The predicted molar refractivity (Wildman–Crippen MR) is 66.1 cm³/mol. The number of nitrogens with zero attached hydrogens (tertiary/aromatic N) is 1. The number of hydrogen-bond acceptors (Lipinski definition) is 2. The molecule has 0 spiro atoms. The van der Waals surface area contributed by atoms with Crippen LogP contribution in [0.3, 0.4) is 0 Å². The van der Waals surface area contributed by atoms with Crippen molar-refractivity contribution < 1.29 is 4.74 Å². The lowest BCUT2D eigenvalue weighted by Crippen LogP contribution is -2.25. The first-order valence-electron chi connectivity index (χ1n) is 6.10. The van der Waals surface area contributed by atoms with Crippen molar-refractivity contribution in [2.75, 3.05) is 13.2 Å². The maximum Gasteiger partial charge on any atom is 0.326 e. The number of ether oxygens (including phenoxy) is 1. The lowest BCUT2D eigenvalue weighted by atomic mass is 10.0. The molecule has 1 fully saturated rings. The maximum absolute atomic E-state index is 11.9. The molecule has 17 heavy (non-hydrogen) atoms. The number of aromatic amines is 1. The fourth-order valence-electron chi connectivity index (χ4n) is 2.48. The van der Waals surface area contributed by atoms with Gasteiger partial charge in [0.05, 0.1) is 11.0 Å². The number of imidazole rings is 1. The van der Waals surface area contributed by atoms with E-state index in [1.807, 2.05) is 28.8 Å². The van der Waals surface area contributed by atoms with Crippen molar-refractivity contribution in [1.29, 1.82) is 0 Å². The topological polar surface area (TPSA) is 47.0 Å². The quantitative estimate of drug-likeness (QED) is 0.857. The highest BCUT2D eigenvalue weighted by molar-refractivity contribution is 5.74. The lowest BCUT2D eigenvalue weighted by molar-refractivity contribution is 0.0613. The smallest absolute Gasteiger partial charge is 0.326 e. The minimum atomic E-state index is -0.00214. The summed E-state index contributed by atoms with van der Waals surface area (Å²) in [5, 5.41) is 0. The minimum Gasteiger partial charge on any atom is -0.381 e. The Kier molecular flexibility index (Phi) is 2.73. The summed E-state index contributed by atoms with van der Waals surface area (Å²) in [7, 11) is 0. The lowest BCUT2D eigenvalue weighted by Gasteiger charge is -2.22. The number of hydrogen-bond donors (Lipinski definition) is 1. The standard InChI is InChI=1S/C13H16N2O2/c16-13-14-11-3-1-2-4-12(11)15(13)9-10-5-7-17-8-6-10/h1-4,10H,5-9H2,(H,14,16). The zero-order valence-electron chi connectivity index (χ0n) is 9.69. The molecule has 0 bridgehead atoms. The third-order valence-corrected chi connectivity index (χ3v) is 3.46. The van der Waals surface area contributed by atoms with Gasteiger partial charge in [-0.05, 0) is 30.9 Å². The normalized spacial score (nSPS) is 17.6. The molecule has 4 nitrogen and oxygen atoms in total. The monoisotopic (exact) mass is 232 g/mol. The van der Waals surface area contributed by atoms with Gasteiger partial charge < -0.3 is 9.72 Å². The summed E-state index contributed by atoms with van der Waals surface area (Å²) in [5.41, 5.74) is 1.92. The van der Waals surface area contributed by atoms with Gasteiger partial charge in [0, 0.05) is 19.8 Å². The first-order valence-corrected chi connectivity index (χ1v) is 6.10. The summed E-state index contributed by atoms with van der Waals surface area (Å²) in [6.45, 7) is 2.44. The number of benzene rings is 1. The second-order valence-electron chi connectivity index (χ2n) is 4.61. The van der Waals surface area contributed by atoms with Gasteiger partial charge in [-0.1, -0.05) is 12.1 Å². The van der Waals surface area contributed by atoms with Gasteiger partial charge >= 0.3 is 5.69 Å². The molecule has 1 N–H and O–H groups in total. The number of para-hydroxylation sites is 2. The molecule has 1 aromatic heterocycles. The van der Waals surface area contributed by atoms with E-state index in [0.717, 1.165) is 43.6 Å². The van der Waals surface area contributed by atoms with E-state index in [0.29, 0.717) is 5.92 Å². The predicted octanol–water partition coefficient (Wildman–Crippen LogP) is 1.76. The van der Waals surface area contributed by atoms with Crippen LogP contribution in [-0.2, 0) is 11.3 Å². The fraction of sp³-hybridized carbons (Fsp3) is 0.462. The Hall–Kier alpha value is -1.55. The highest BCUT2D eigenvalue weighted by Crippen LogP contribution is 2.18. The Morgan fingerprint density at radius 2 is 2.06 bits per heavy atom. The van der Waals surface area contributed by atoms with E-state index in [4.69, 9.17) is 4.74 Å². The number of nitrogens with one attached hydrogen (secondary N) is 1. The van der Waals surface area contributed by atoms with E-state index < -0.39 is 0 Å². The molecule has 4 heteroatoms. The van der Waals surface area contributed by atoms with Crippen LogP contribution in [0.2, 0.25) is 0 Å². The molecular weight excluding hydrogens is 216 g/mol. The summed E-state index contributed by atoms with van der Waals surface area (Å²) in [6.07, 6.45) is 2.10. The number of fused-ring (bicyclic) bond motifs is 1. The molecule has 0 saturated carbocycles. The van der Waals surface area contributed by atoms with E-state index in [-0.39, 0.29) is 5.69 Å². The van der Waals surface area contributed by atoms with Crippen LogP contribution in [-0.4, -0.2) is 22.8 Å². The first kappa shape index (κ1) is 10.6. The average molecular weight is 232 g/mol. The van der Waals surface area contributed by atoms with E-state index in [1.165, 1.54) is 0 Å². The van der Waals surface area contributed by atoms with Gasteiger partial charge in [-0.15, -0.1) is 0 Å². The molecule has 2 aromatic rings. The molecule has 1 aliphatic rings. The van der Waals surface area contributed by atoms with Crippen molar-refractivity contribution >= 4 is 11.0 Å². The molecule has 0 aliphatic carbocycles. The number of rotatable bonds is 2. The van der Waals surface area contributed by atoms with Gasteiger partial charge in [0.1, 0.15) is 0 Å². The van der Waals surface area contributed by atoms with Crippen molar-refractivity contribution in [3.05, 3.63) is 34.7 Å². The van der Waals surface area contributed by atoms with E-state index in [1.54, 1.807) is 0 Å². The molecule has 2 heterocycles. The van der Waals surface area contributed by atoms with Crippen LogP contribution in [0.25, 0.3) is 11.0 Å². The fourth-order valence-corrected chi connectivity index (χ4v) is 2.48. The zero-order chi connectivity index (χ0) is 11.7. The molecule has 1 saturated heterocycles. The first-order chi connectivity index (χ1) is 8.34. The Balaban J connectivity index is 1.93. The Morgan fingerprint density at radius 1 is 1.29 bits per heavy atom. The summed E-state index contributed by atoms with van der Waals surface area (Å²) < 4.78 is 7.19. The summed E-state index contributed by atoms with van der Waals surface area (Å²) in [5.74, 6) is 0.556. The van der Waals surface area contributed by atoms with Crippen LogP contribution in [0.1, 0.15) is 12.8 Å². The summed E-state index contributed by atoms with van der Waals surface area (Å²) in [4.78, 5) is 14.8. The van der Waals surface area contributed by atoms with Gasteiger partial charge in [-0.25, -0.2) is 4.79 Å². The number of aromatic nitrogens is 2. The van der Waals surface area contributed by atoms with Crippen LogP contribution >= 0.6 is 0 Å². The molecule has 1 aromatic carbocycles. The highest BCUT2D eigenvalue weighted by Gasteiger charge is 2.16. The van der Waals surface area contributed by atoms with E-state index in [9.17, 15) is 4.79 Å². The van der Waals surface area contributed by atoms with Crippen molar-refractivity contribution in [3.63, 3.8) is 0 Å². The molecule has 90 valence electrons. The Labute approximate surface area is 99.2 Å². The molecule has 1 aliphatic heterocycles. The molecule has 0 radical (unpaired) electrons. The van der Waals surface area contributed by atoms with Crippen LogP contribution in [0.5, 0.6) is 0 Å². The summed E-state index contributed by atoms with van der Waals surface area (Å²) >= 11 is 0. The highest BCUT2D eigenvalue weighted by atomic mass is 16.5. The van der Waals surface area contributed by atoms with Gasteiger partial charge in [-0.2, -0.15) is 0 Å². The average Bonchev–Trinajstić information content (AvgIpc) is 2.68. The maximum atomic E-state index is 11.9. The SMILES string of the molecule is O=c1[nH]c2ccccc2n1CC1CCOCC1. The second kappa shape index (κ2) is 4.37. The van der Waals surface area contributed by atoms with Crippen molar-refractivity contribution in [3.8, 4) is 0 Å². The van der Waals surface area contributed by atoms with Crippen LogP contribution in [0.4, 0.5) is 0 Å². The van der Waals surface area contributed by atoms with E-state index >= 15 is 0 Å². The molecule has 0 unspecified atom stereocenters. The Bertz CT molecular complexity index is 564. The zero-order valence-corrected chi connectivity index (χ0v) is 9.69. The van der Waals surface area contributed by atoms with Crippen molar-refractivity contribution in [1.82, 2.24) is 9.55 Å². The van der Waals surface area contributed by atoms with Gasteiger partial charge in [-0.3, -0.25) is 4.57 Å². The van der Waals surface area contributed by atoms with Gasteiger partial charge in [0.2, 0.25) is 0 Å². The Morgan fingerprint density at radius 3 is 2.88 bits per heavy atom. The molecule has 3 rings (SSSR count). The summed E-state index contributed by atoms with van der Waals surface area (Å²) in [6, 6.07) is 7.84. The third-order valence-electron chi connectivity index (χ3n) is 3.46. The molecule has 0 atom stereocenters. The van der Waals surface area contributed by atoms with Crippen LogP contribution in [0.15, 0.2) is 29.1 Å². The number of H-pyrrole nitrogens is 1. The van der Waals surface area contributed by atoms with E-state index in [2.05, 4.69) is 4.98 Å². The molecule has 0 amide bonds. The van der Waals surface area contributed by atoms with Crippen molar-refractivity contribution in [2.24, 2.45) is 5.92 Å². The molecular formula is C13H16N2O2. The van der Waals surface area contributed by atoms with Crippen LogP contribution in [0, 0.1) is 5.92 Å². The van der Waals surface area contributed by atoms with Crippen molar-refractivity contribution in [2.45, 2.75) is 19.4 Å². The van der Waals surface area contributed by atoms with Gasteiger partial charge in [0.15, 0.2) is 0 Å². The third kappa shape index (κ3) is 2.00.